The van der Waals surface area contributed by atoms with Crippen molar-refractivity contribution in [2.75, 3.05) is 6.61 Å². The average molecular weight is 267 g/mol. The van der Waals surface area contributed by atoms with E-state index in [0.29, 0.717) is 5.92 Å². The van der Waals surface area contributed by atoms with Gasteiger partial charge in [-0.2, -0.15) is 0 Å². The summed E-state index contributed by atoms with van der Waals surface area (Å²) in [6.07, 6.45) is 6.83. The predicted molar refractivity (Wildman–Crippen MR) is 77.1 cm³/mol. The number of hydrogen-bond acceptors (Lipinski definition) is 1. The summed E-state index contributed by atoms with van der Waals surface area (Å²) in [5.41, 5.74) is 1.32. The first-order valence-electron chi connectivity index (χ1n) is 7.14. The minimum Gasteiger partial charge on any atom is -0.359 e. The molecule has 0 amide bonds. The van der Waals surface area contributed by atoms with E-state index in [4.69, 9.17) is 16.3 Å². The summed E-state index contributed by atoms with van der Waals surface area (Å²) in [4.78, 5) is 0. The molecule has 1 aliphatic heterocycles. The first-order valence-corrected chi connectivity index (χ1v) is 7.52. The maximum Gasteiger partial charge on any atom is 0.148 e. The molecule has 1 fully saturated rings. The van der Waals surface area contributed by atoms with Crippen molar-refractivity contribution in [1.29, 1.82) is 0 Å². The van der Waals surface area contributed by atoms with Crippen LogP contribution in [0.1, 0.15) is 56.9 Å². The SMILES string of the molecule is CCCCCC1(Cl)OCCCC1c1ccccc1. The average Bonchev–Trinajstić information content (AvgIpc) is 2.40. The van der Waals surface area contributed by atoms with Gasteiger partial charge in [-0.3, -0.25) is 0 Å². The van der Waals surface area contributed by atoms with Crippen LogP contribution < -0.4 is 0 Å². The minimum absolute atomic E-state index is 0.339. The first kappa shape index (κ1) is 13.9. The van der Waals surface area contributed by atoms with Crippen LogP contribution in [0, 0.1) is 0 Å². The maximum atomic E-state index is 6.79. The molecule has 1 aliphatic rings. The lowest BCUT2D eigenvalue weighted by Gasteiger charge is -2.39. The molecule has 0 saturated carbocycles. The minimum atomic E-state index is -0.477. The molecule has 0 bridgehead atoms. The molecule has 0 radical (unpaired) electrons. The van der Waals surface area contributed by atoms with E-state index in [1.165, 1.54) is 18.4 Å². The van der Waals surface area contributed by atoms with E-state index in [0.717, 1.165) is 32.3 Å². The molecule has 1 aromatic carbocycles. The lowest BCUT2D eigenvalue weighted by atomic mass is 9.84. The second kappa shape index (κ2) is 6.58. The number of alkyl halides is 1. The zero-order valence-corrected chi connectivity index (χ0v) is 12.0. The highest BCUT2D eigenvalue weighted by Gasteiger charge is 2.40. The third kappa shape index (κ3) is 3.27. The molecule has 0 N–H and O–H groups in total. The van der Waals surface area contributed by atoms with Crippen molar-refractivity contribution < 1.29 is 4.74 Å². The van der Waals surface area contributed by atoms with Crippen molar-refractivity contribution in [1.82, 2.24) is 0 Å². The number of rotatable bonds is 5. The van der Waals surface area contributed by atoms with Gasteiger partial charge in [-0.25, -0.2) is 0 Å². The molecule has 2 atom stereocenters. The predicted octanol–water partition coefficient (Wildman–Crippen LogP) is 5.10. The van der Waals surface area contributed by atoms with Crippen LogP contribution in [0.15, 0.2) is 30.3 Å². The zero-order valence-electron chi connectivity index (χ0n) is 11.2. The Hall–Kier alpha value is -0.530. The molecule has 100 valence electrons. The number of unbranched alkanes of at least 4 members (excludes halogenated alkanes) is 2. The lowest BCUT2D eigenvalue weighted by Crippen LogP contribution is -2.37. The van der Waals surface area contributed by atoms with Crippen molar-refractivity contribution >= 4 is 11.6 Å². The van der Waals surface area contributed by atoms with Crippen molar-refractivity contribution in [3.05, 3.63) is 35.9 Å². The van der Waals surface area contributed by atoms with Gasteiger partial charge in [-0.05, 0) is 31.2 Å². The van der Waals surface area contributed by atoms with Crippen molar-refractivity contribution in [3.8, 4) is 0 Å². The standard InChI is InChI=1S/C16H23ClO/c1-2-3-7-12-16(17)15(11-8-13-18-16)14-9-5-4-6-10-14/h4-6,9-10,15H,2-3,7-8,11-13H2,1H3. The second-order valence-electron chi connectivity index (χ2n) is 5.20. The summed E-state index contributed by atoms with van der Waals surface area (Å²) >= 11 is 6.79. The van der Waals surface area contributed by atoms with Gasteiger partial charge >= 0.3 is 0 Å². The summed E-state index contributed by atoms with van der Waals surface area (Å²) < 4.78 is 5.94. The van der Waals surface area contributed by atoms with E-state index in [2.05, 4.69) is 37.3 Å². The van der Waals surface area contributed by atoms with Crippen LogP contribution in [-0.2, 0) is 4.74 Å². The molecule has 1 saturated heterocycles. The van der Waals surface area contributed by atoms with Gasteiger partial charge in [0.05, 0.1) is 0 Å². The van der Waals surface area contributed by atoms with E-state index in [9.17, 15) is 0 Å². The number of ether oxygens (including phenoxy) is 1. The quantitative estimate of drug-likeness (QED) is 0.532. The molecule has 0 aromatic heterocycles. The van der Waals surface area contributed by atoms with Gasteiger partial charge in [0.25, 0.3) is 0 Å². The fourth-order valence-electron chi connectivity index (χ4n) is 2.81. The molecule has 2 heteroatoms. The zero-order chi connectivity index (χ0) is 12.8. The number of benzene rings is 1. The third-order valence-electron chi connectivity index (χ3n) is 3.82. The monoisotopic (exact) mass is 266 g/mol. The van der Waals surface area contributed by atoms with Crippen LogP contribution in [0.4, 0.5) is 0 Å². The molecule has 2 unspecified atom stereocenters. The highest BCUT2D eigenvalue weighted by atomic mass is 35.5. The van der Waals surface area contributed by atoms with Gasteiger partial charge in [0, 0.05) is 12.5 Å². The topological polar surface area (TPSA) is 9.23 Å². The number of hydrogen-bond donors (Lipinski definition) is 0. The summed E-state index contributed by atoms with van der Waals surface area (Å²) in [7, 11) is 0. The Kier molecular flexibility index (Phi) is 5.08. The van der Waals surface area contributed by atoms with E-state index in [1.807, 2.05) is 0 Å². The van der Waals surface area contributed by atoms with Crippen LogP contribution >= 0.6 is 11.6 Å². The summed E-state index contributed by atoms with van der Waals surface area (Å²) in [5.74, 6) is 0.339. The smallest absolute Gasteiger partial charge is 0.148 e. The van der Waals surface area contributed by atoms with Crippen LogP contribution in [0.5, 0.6) is 0 Å². The molecule has 1 nitrogen and oxygen atoms in total. The lowest BCUT2D eigenvalue weighted by molar-refractivity contribution is -0.0400. The largest absolute Gasteiger partial charge is 0.359 e. The van der Waals surface area contributed by atoms with Crippen molar-refractivity contribution in [2.45, 2.75) is 56.4 Å². The molecule has 1 aromatic rings. The van der Waals surface area contributed by atoms with Gasteiger partial charge in [0.15, 0.2) is 0 Å². The molecule has 18 heavy (non-hydrogen) atoms. The van der Waals surface area contributed by atoms with Gasteiger partial charge in [-0.1, -0.05) is 61.7 Å². The van der Waals surface area contributed by atoms with Crippen LogP contribution in [-0.4, -0.2) is 11.7 Å². The summed E-state index contributed by atoms with van der Waals surface area (Å²) in [6.45, 7) is 3.02. The van der Waals surface area contributed by atoms with E-state index in [-0.39, 0.29) is 0 Å². The summed E-state index contributed by atoms with van der Waals surface area (Å²) in [6, 6.07) is 10.6. The van der Waals surface area contributed by atoms with Crippen LogP contribution in [0.2, 0.25) is 0 Å². The Labute approximate surface area is 115 Å². The first-order chi connectivity index (χ1) is 8.76. The van der Waals surface area contributed by atoms with Crippen molar-refractivity contribution in [2.24, 2.45) is 0 Å². The van der Waals surface area contributed by atoms with E-state index < -0.39 is 5.06 Å². The summed E-state index contributed by atoms with van der Waals surface area (Å²) in [5, 5.41) is -0.477. The molecular weight excluding hydrogens is 244 g/mol. The Balaban J connectivity index is 2.10. The van der Waals surface area contributed by atoms with Gasteiger partial charge in [-0.15, -0.1) is 0 Å². The van der Waals surface area contributed by atoms with Crippen LogP contribution in [0.3, 0.4) is 0 Å². The fraction of sp³-hybridized carbons (Fsp3) is 0.625. The maximum absolute atomic E-state index is 6.79. The van der Waals surface area contributed by atoms with Gasteiger partial charge in [0.1, 0.15) is 5.06 Å². The highest BCUT2D eigenvalue weighted by molar-refractivity contribution is 6.23. The fourth-order valence-corrected chi connectivity index (χ4v) is 3.25. The van der Waals surface area contributed by atoms with E-state index in [1.54, 1.807) is 0 Å². The van der Waals surface area contributed by atoms with Crippen molar-refractivity contribution in [3.63, 3.8) is 0 Å². The molecule has 0 spiro atoms. The molecule has 2 rings (SSSR count). The van der Waals surface area contributed by atoms with Gasteiger partial charge < -0.3 is 4.74 Å². The second-order valence-corrected chi connectivity index (χ2v) is 5.84. The van der Waals surface area contributed by atoms with Crippen LogP contribution in [0.25, 0.3) is 0 Å². The third-order valence-corrected chi connectivity index (χ3v) is 4.38. The Bertz CT molecular complexity index is 351. The Morgan fingerprint density at radius 2 is 2.06 bits per heavy atom. The Morgan fingerprint density at radius 1 is 1.28 bits per heavy atom. The van der Waals surface area contributed by atoms with E-state index >= 15 is 0 Å². The molecule has 1 heterocycles. The highest BCUT2D eigenvalue weighted by Crippen LogP contribution is 2.45. The normalized spacial score (nSPS) is 28.2. The molecule has 0 aliphatic carbocycles. The Morgan fingerprint density at radius 3 is 2.78 bits per heavy atom. The van der Waals surface area contributed by atoms with Gasteiger partial charge in [0.2, 0.25) is 0 Å². The molecular formula is C16H23ClO. The number of halogens is 1.